The molecule has 4 rings (SSSR count). The Morgan fingerprint density at radius 1 is 0.800 bits per heavy atom. The van der Waals surface area contributed by atoms with Gasteiger partial charge in [-0.1, -0.05) is 47.1 Å². The van der Waals surface area contributed by atoms with Crippen molar-refractivity contribution in [3.05, 3.63) is 72.6 Å². The first-order valence-corrected chi connectivity index (χ1v) is 9.69. The molecule has 0 radical (unpaired) electrons. The van der Waals surface area contributed by atoms with E-state index in [1.807, 2.05) is 0 Å². The maximum Gasteiger partial charge on any atom is 0.119 e. The van der Waals surface area contributed by atoms with E-state index in [0.29, 0.717) is 0 Å². The van der Waals surface area contributed by atoms with Crippen LogP contribution in [-0.2, 0) is 0 Å². The van der Waals surface area contributed by atoms with E-state index in [0.717, 1.165) is 26.2 Å². The smallest absolute Gasteiger partial charge is 0.119 e. The summed E-state index contributed by atoms with van der Waals surface area (Å²) in [7, 11) is 2.14. The average Bonchev–Trinajstić information content (AvgIpc) is 3.09. The van der Waals surface area contributed by atoms with Crippen LogP contribution in [0.2, 0.25) is 0 Å². The molecule has 0 N–H and O–H groups in total. The number of likely N-dealkylation sites (N-methyl/N-ethyl adjacent to an activating group) is 1. The third-order valence-electron chi connectivity index (χ3n) is 4.55. The van der Waals surface area contributed by atoms with Crippen molar-refractivity contribution in [1.82, 2.24) is 9.80 Å². The minimum atomic E-state index is -0.0595. The van der Waals surface area contributed by atoms with Crippen molar-refractivity contribution >= 4 is 34.1 Å². The molecule has 0 saturated carbocycles. The Labute approximate surface area is 159 Å². The molecule has 0 spiro atoms. The molecule has 2 aromatic carbocycles. The molecule has 1 unspecified atom stereocenters. The predicted molar refractivity (Wildman–Crippen MR) is 112 cm³/mol. The molecular formula is C20H24ClN3S. The van der Waals surface area contributed by atoms with Crippen LogP contribution in [0.1, 0.15) is 0 Å². The third kappa shape index (κ3) is 3.76. The standard InChI is InChI=1S/C20H23N3S.ClH/c1-21-13-15-22(16-14-21)20-12-17-24(19-10-6-3-7-11-19)23(20)18-8-4-2-5-9-18;/h2-12,17H,13-16H2,1H3;1H. The highest BCUT2D eigenvalue weighted by atomic mass is 35.5. The molecule has 1 saturated heterocycles. The van der Waals surface area contributed by atoms with Gasteiger partial charge in [0.05, 0.1) is 5.69 Å². The summed E-state index contributed by atoms with van der Waals surface area (Å²) in [6, 6.07) is 21.6. The highest BCUT2D eigenvalue weighted by Gasteiger charge is 2.27. The Morgan fingerprint density at radius 2 is 1.40 bits per heavy atom. The van der Waals surface area contributed by atoms with Crippen LogP contribution in [0, 0.1) is 0 Å². The fourth-order valence-corrected chi connectivity index (χ4v) is 5.08. The van der Waals surface area contributed by atoms with E-state index in [9.17, 15) is 0 Å². The zero-order valence-corrected chi connectivity index (χ0v) is 16.0. The fraction of sp³-hybridized carbons (Fsp3) is 0.250. The predicted octanol–water partition coefficient (Wildman–Crippen LogP) is 4.06. The highest BCUT2D eigenvalue weighted by Crippen LogP contribution is 2.42. The number of benzene rings is 2. The molecule has 0 bridgehead atoms. The van der Waals surface area contributed by atoms with Gasteiger partial charge >= 0.3 is 0 Å². The second-order valence-corrected chi connectivity index (χ2v) is 7.95. The van der Waals surface area contributed by atoms with Gasteiger partial charge in [0, 0.05) is 31.1 Å². The molecule has 1 atom stereocenters. The Balaban J connectivity index is 0.00000182. The van der Waals surface area contributed by atoms with Crippen molar-refractivity contribution in [3.8, 4) is 0 Å². The van der Waals surface area contributed by atoms with Crippen molar-refractivity contribution in [1.29, 1.82) is 0 Å². The number of hydrogen-bond acceptors (Lipinski definition) is 3. The second kappa shape index (κ2) is 8.09. The molecule has 2 aliphatic heterocycles. The van der Waals surface area contributed by atoms with Crippen LogP contribution in [-0.4, -0.2) is 48.4 Å². The number of rotatable bonds is 3. The monoisotopic (exact) mass is 373 g/mol. The Hall–Kier alpha value is -1.75. The van der Waals surface area contributed by atoms with E-state index in [4.69, 9.17) is 0 Å². The lowest BCUT2D eigenvalue weighted by Gasteiger charge is -2.39. The van der Waals surface area contributed by atoms with Gasteiger partial charge < -0.3 is 9.80 Å². The molecule has 2 aromatic rings. The molecule has 2 heterocycles. The van der Waals surface area contributed by atoms with E-state index in [2.05, 4.69) is 93.3 Å². The van der Waals surface area contributed by atoms with Crippen molar-refractivity contribution in [3.63, 3.8) is 0 Å². The summed E-state index contributed by atoms with van der Waals surface area (Å²) in [6.45, 7) is 4.43. The minimum absolute atomic E-state index is 0. The molecule has 132 valence electrons. The summed E-state index contributed by atoms with van der Waals surface area (Å²) >= 11 is 0. The van der Waals surface area contributed by atoms with Crippen LogP contribution in [0.15, 0.2) is 77.5 Å². The summed E-state index contributed by atoms with van der Waals surface area (Å²) in [5.74, 6) is 1.33. The lowest BCUT2D eigenvalue weighted by molar-refractivity contribution is 0.186. The molecule has 0 aromatic heterocycles. The summed E-state index contributed by atoms with van der Waals surface area (Å²) in [4.78, 5) is 6.29. The normalized spacial score (nSPS) is 20.7. The topological polar surface area (TPSA) is 9.72 Å². The lowest BCUT2D eigenvalue weighted by atomic mass is 10.3. The van der Waals surface area contributed by atoms with Gasteiger partial charge in [0.15, 0.2) is 0 Å². The van der Waals surface area contributed by atoms with Crippen LogP contribution in [0.3, 0.4) is 0 Å². The SMILES string of the molecule is CN1CCN(C2=CC=S(c3ccccc3)N2c2ccccc2)CC1.Cl. The number of anilines is 1. The number of halogens is 1. The Morgan fingerprint density at radius 3 is 2.04 bits per heavy atom. The molecule has 0 aliphatic carbocycles. The lowest BCUT2D eigenvalue weighted by Crippen LogP contribution is -2.46. The quantitative estimate of drug-likeness (QED) is 0.751. The zero-order valence-electron chi connectivity index (χ0n) is 14.4. The van der Waals surface area contributed by atoms with Gasteiger partial charge in [-0.25, -0.2) is 0 Å². The number of piperazine rings is 1. The van der Waals surface area contributed by atoms with Crippen molar-refractivity contribution in [2.75, 3.05) is 37.5 Å². The molecule has 1 fully saturated rings. The second-order valence-electron chi connectivity index (χ2n) is 6.21. The highest BCUT2D eigenvalue weighted by molar-refractivity contribution is 8.16. The fourth-order valence-electron chi connectivity index (χ4n) is 3.18. The van der Waals surface area contributed by atoms with Gasteiger partial charge in [0.1, 0.15) is 5.82 Å². The third-order valence-corrected chi connectivity index (χ3v) is 6.49. The maximum absolute atomic E-state index is 2.53. The first-order valence-electron chi connectivity index (χ1n) is 8.45. The van der Waals surface area contributed by atoms with Crippen LogP contribution in [0.4, 0.5) is 5.69 Å². The number of allylic oxidation sites excluding steroid dienone is 1. The van der Waals surface area contributed by atoms with Gasteiger partial charge in [0.2, 0.25) is 0 Å². The van der Waals surface area contributed by atoms with Crippen LogP contribution < -0.4 is 4.31 Å². The molecule has 3 nitrogen and oxygen atoms in total. The number of hydrogen-bond donors (Lipinski definition) is 0. The van der Waals surface area contributed by atoms with Crippen LogP contribution in [0.25, 0.3) is 0 Å². The van der Waals surface area contributed by atoms with E-state index >= 15 is 0 Å². The van der Waals surface area contributed by atoms with Gasteiger partial charge in [0.25, 0.3) is 0 Å². The summed E-state index contributed by atoms with van der Waals surface area (Å²) in [5.41, 5.74) is 1.27. The molecule has 2 aliphatic rings. The Bertz CT molecular complexity index is 753. The summed E-state index contributed by atoms with van der Waals surface area (Å²) in [5, 5.41) is 2.36. The van der Waals surface area contributed by atoms with Crippen molar-refractivity contribution < 1.29 is 0 Å². The zero-order chi connectivity index (χ0) is 16.4. The summed E-state index contributed by atoms with van der Waals surface area (Å²) in [6.07, 6.45) is 2.31. The van der Waals surface area contributed by atoms with Crippen molar-refractivity contribution in [2.24, 2.45) is 0 Å². The maximum atomic E-state index is 2.53. The molecular weight excluding hydrogens is 350 g/mol. The minimum Gasteiger partial charge on any atom is -0.355 e. The van der Waals surface area contributed by atoms with Crippen LogP contribution >= 0.6 is 23.1 Å². The van der Waals surface area contributed by atoms with Crippen LogP contribution in [0.5, 0.6) is 0 Å². The first kappa shape index (κ1) is 18.1. The first-order chi connectivity index (χ1) is 11.8. The van der Waals surface area contributed by atoms with E-state index < -0.39 is 0 Å². The van der Waals surface area contributed by atoms with Gasteiger partial charge in [-0.05, 0) is 42.8 Å². The van der Waals surface area contributed by atoms with Gasteiger partial charge in [-0.3, -0.25) is 4.31 Å². The average molecular weight is 374 g/mol. The number of nitrogens with zero attached hydrogens (tertiary/aromatic N) is 3. The number of para-hydroxylation sites is 1. The summed E-state index contributed by atoms with van der Waals surface area (Å²) < 4.78 is 2.50. The largest absolute Gasteiger partial charge is 0.355 e. The van der Waals surface area contributed by atoms with Crippen molar-refractivity contribution in [2.45, 2.75) is 4.90 Å². The molecule has 5 heteroatoms. The van der Waals surface area contributed by atoms with Gasteiger partial charge in [-0.15, -0.1) is 12.4 Å². The molecule has 25 heavy (non-hydrogen) atoms. The van der Waals surface area contributed by atoms with E-state index in [1.54, 1.807) is 0 Å². The van der Waals surface area contributed by atoms with Gasteiger partial charge in [-0.2, -0.15) is 0 Å². The van der Waals surface area contributed by atoms with E-state index in [1.165, 1.54) is 16.4 Å². The van der Waals surface area contributed by atoms with E-state index in [-0.39, 0.29) is 23.1 Å². The Kier molecular flexibility index (Phi) is 5.84. The molecule has 0 amide bonds.